The van der Waals surface area contributed by atoms with E-state index in [1.807, 2.05) is 18.2 Å². The number of carbonyl (C=O) groups is 2. The van der Waals surface area contributed by atoms with E-state index < -0.39 is 5.97 Å². The van der Waals surface area contributed by atoms with Crippen LogP contribution >= 0.6 is 0 Å². The number of anilines is 2. The highest BCUT2D eigenvalue weighted by molar-refractivity contribution is 5.99. The van der Waals surface area contributed by atoms with Gasteiger partial charge in [0.15, 0.2) is 0 Å². The number of aryl methyl sites for hydroxylation is 1. The lowest BCUT2D eigenvalue weighted by Gasteiger charge is -2.29. The van der Waals surface area contributed by atoms with Crippen molar-refractivity contribution in [2.75, 3.05) is 23.3 Å². The molecule has 1 N–H and O–H groups in total. The van der Waals surface area contributed by atoms with Crippen molar-refractivity contribution in [3.63, 3.8) is 0 Å². The molecule has 2 heterocycles. The molecule has 0 aliphatic carbocycles. The maximum atomic E-state index is 12.7. The molecule has 0 saturated carbocycles. The van der Waals surface area contributed by atoms with E-state index in [9.17, 15) is 9.59 Å². The number of hydrogen-bond acceptors (Lipinski definition) is 5. The highest BCUT2D eigenvalue weighted by atomic mass is 16.5. The lowest BCUT2D eigenvalue weighted by Crippen LogP contribution is -2.39. The van der Waals surface area contributed by atoms with Crippen LogP contribution in [0.4, 0.5) is 11.5 Å². The van der Waals surface area contributed by atoms with Gasteiger partial charge in [-0.3, -0.25) is 4.79 Å². The van der Waals surface area contributed by atoms with Crippen LogP contribution in [-0.2, 0) is 16.0 Å². The summed E-state index contributed by atoms with van der Waals surface area (Å²) >= 11 is 0. The average molecular weight is 353 g/mol. The minimum absolute atomic E-state index is 0.0500. The Balaban J connectivity index is 1.70. The highest BCUT2D eigenvalue weighted by Gasteiger charge is 2.22. The van der Waals surface area contributed by atoms with Crippen molar-refractivity contribution < 1.29 is 14.3 Å². The number of hydrogen-bond donors (Lipinski definition) is 1. The number of fused-ring (bicyclic) bond motifs is 1. The molecule has 0 unspecified atom stereocenters. The molecule has 0 bridgehead atoms. The van der Waals surface area contributed by atoms with Gasteiger partial charge in [0, 0.05) is 18.4 Å². The lowest BCUT2D eigenvalue weighted by atomic mass is 10.0. The van der Waals surface area contributed by atoms with Crippen molar-refractivity contribution in [2.45, 2.75) is 32.8 Å². The number of pyridine rings is 1. The Morgan fingerprint density at radius 1 is 1.23 bits per heavy atom. The standard InChI is InChI=1S/C20H23N3O3/c1-14(2)26-20(25)16-9-5-11-21-19(16)22-13-18(24)23-12-6-8-15-7-3-4-10-17(15)23/h3-5,7,9-11,14H,6,8,12-13H2,1-2H3,(H,21,22). The first kappa shape index (κ1) is 17.9. The van der Waals surface area contributed by atoms with Gasteiger partial charge in [0.1, 0.15) is 11.4 Å². The van der Waals surface area contributed by atoms with Crippen LogP contribution in [0.2, 0.25) is 0 Å². The molecule has 0 spiro atoms. The zero-order valence-electron chi connectivity index (χ0n) is 15.1. The summed E-state index contributed by atoms with van der Waals surface area (Å²) in [6, 6.07) is 11.3. The lowest BCUT2D eigenvalue weighted by molar-refractivity contribution is -0.117. The SMILES string of the molecule is CC(C)OC(=O)c1cccnc1NCC(=O)N1CCCc2ccccc21. The molecule has 0 radical (unpaired) electrons. The van der Waals surface area contributed by atoms with E-state index in [-0.39, 0.29) is 18.6 Å². The van der Waals surface area contributed by atoms with Gasteiger partial charge in [-0.1, -0.05) is 18.2 Å². The first-order chi connectivity index (χ1) is 12.6. The molecule has 136 valence electrons. The second kappa shape index (κ2) is 7.99. The smallest absolute Gasteiger partial charge is 0.342 e. The molecular weight excluding hydrogens is 330 g/mol. The van der Waals surface area contributed by atoms with E-state index in [2.05, 4.69) is 16.4 Å². The molecule has 26 heavy (non-hydrogen) atoms. The van der Waals surface area contributed by atoms with Gasteiger partial charge < -0.3 is 15.0 Å². The fourth-order valence-corrected chi connectivity index (χ4v) is 3.04. The van der Waals surface area contributed by atoms with Crippen molar-refractivity contribution in [2.24, 2.45) is 0 Å². The van der Waals surface area contributed by atoms with Gasteiger partial charge in [0.25, 0.3) is 0 Å². The molecule has 1 aliphatic rings. The molecular formula is C20H23N3O3. The summed E-state index contributed by atoms with van der Waals surface area (Å²) in [4.78, 5) is 30.9. The molecule has 6 nitrogen and oxygen atoms in total. The summed E-state index contributed by atoms with van der Waals surface area (Å²) in [5, 5.41) is 2.99. The second-order valence-electron chi connectivity index (χ2n) is 6.48. The van der Waals surface area contributed by atoms with E-state index in [0.717, 1.165) is 18.5 Å². The first-order valence-electron chi connectivity index (χ1n) is 8.84. The van der Waals surface area contributed by atoms with Crippen LogP contribution in [0, 0.1) is 0 Å². The third-order valence-electron chi connectivity index (χ3n) is 4.19. The normalized spacial score (nSPS) is 13.3. The van der Waals surface area contributed by atoms with E-state index in [0.29, 0.717) is 17.9 Å². The van der Waals surface area contributed by atoms with E-state index in [1.165, 1.54) is 5.56 Å². The van der Waals surface area contributed by atoms with Gasteiger partial charge in [-0.25, -0.2) is 9.78 Å². The van der Waals surface area contributed by atoms with Gasteiger partial charge >= 0.3 is 5.97 Å². The van der Waals surface area contributed by atoms with Gasteiger partial charge in [-0.2, -0.15) is 0 Å². The van der Waals surface area contributed by atoms with Crippen molar-refractivity contribution >= 4 is 23.4 Å². The Labute approximate surface area is 153 Å². The predicted octanol–water partition coefficient (Wildman–Crippen LogP) is 3.04. The largest absolute Gasteiger partial charge is 0.459 e. The summed E-state index contributed by atoms with van der Waals surface area (Å²) in [5.41, 5.74) is 2.48. The maximum absolute atomic E-state index is 12.7. The number of aromatic nitrogens is 1. The third-order valence-corrected chi connectivity index (χ3v) is 4.19. The first-order valence-corrected chi connectivity index (χ1v) is 8.84. The maximum Gasteiger partial charge on any atom is 0.342 e. The number of nitrogens with one attached hydrogen (secondary N) is 1. The minimum atomic E-state index is -0.452. The Morgan fingerprint density at radius 2 is 2.04 bits per heavy atom. The predicted molar refractivity (Wildman–Crippen MR) is 100 cm³/mol. The number of esters is 1. The van der Waals surface area contributed by atoms with Crippen LogP contribution in [0.5, 0.6) is 0 Å². The number of nitrogens with zero attached hydrogens (tertiary/aromatic N) is 2. The van der Waals surface area contributed by atoms with Crippen molar-refractivity contribution in [3.8, 4) is 0 Å². The van der Waals surface area contributed by atoms with Crippen LogP contribution in [0.15, 0.2) is 42.6 Å². The van der Waals surface area contributed by atoms with Gasteiger partial charge in [-0.15, -0.1) is 0 Å². The highest BCUT2D eigenvalue weighted by Crippen LogP contribution is 2.26. The molecule has 1 aromatic heterocycles. The van der Waals surface area contributed by atoms with Crippen molar-refractivity contribution in [3.05, 3.63) is 53.7 Å². The van der Waals surface area contributed by atoms with Gasteiger partial charge in [0.05, 0.1) is 12.6 Å². The topological polar surface area (TPSA) is 71.5 Å². The van der Waals surface area contributed by atoms with Crippen molar-refractivity contribution in [1.29, 1.82) is 0 Å². The van der Waals surface area contributed by atoms with E-state index >= 15 is 0 Å². The minimum Gasteiger partial charge on any atom is -0.459 e. The molecule has 1 amide bonds. The molecule has 2 aromatic rings. The van der Waals surface area contributed by atoms with Gasteiger partial charge in [0.2, 0.25) is 5.91 Å². The zero-order chi connectivity index (χ0) is 18.5. The molecule has 1 aliphatic heterocycles. The molecule has 0 saturated heterocycles. The van der Waals surface area contributed by atoms with Gasteiger partial charge in [-0.05, 0) is 50.5 Å². The Kier molecular flexibility index (Phi) is 5.51. The molecule has 1 aromatic carbocycles. The Morgan fingerprint density at radius 3 is 2.85 bits per heavy atom. The zero-order valence-corrected chi connectivity index (χ0v) is 15.1. The summed E-state index contributed by atoms with van der Waals surface area (Å²) in [7, 11) is 0. The number of benzene rings is 1. The van der Waals surface area contributed by atoms with E-state index in [1.54, 1.807) is 37.1 Å². The number of carbonyl (C=O) groups excluding carboxylic acids is 2. The monoisotopic (exact) mass is 353 g/mol. The number of amides is 1. The number of ether oxygens (including phenoxy) is 1. The Hall–Kier alpha value is -2.89. The fraction of sp³-hybridized carbons (Fsp3) is 0.350. The van der Waals surface area contributed by atoms with Crippen LogP contribution in [0.3, 0.4) is 0 Å². The van der Waals surface area contributed by atoms with Crippen LogP contribution in [-0.4, -0.2) is 36.1 Å². The summed E-state index contributed by atoms with van der Waals surface area (Å²) < 4.78 is 5.23. The van der Waals surface area contributed by atoms with Crippen LogP contribution < -0.4 is 10.2 Å². The third kappa shape index (κ3) is 4.02. The summed E-state index contributed by atoms with van der Waals surface area (Å²) in [5.74, 6) is -0.144. The quantitative estimate of drug-likeness (QED) is 0.837. The summed E-state index contributed by atoms with van der Waals surface area (Å²) in [6.45, 7) is 4.34. The molecule has 6 heteroatoms. The average Bonchev–Trinajstić information content (AvgIpc) is 2.65. The second-order valence-corrected chi connectivity index (χ2v) is 6.48. The fourth-order valence-electron chi connectivity index (χ4n) is 3.04. The van der Waals surface area contributed by atoms with Crippen LogP contribution in [0.1, 0.15) is 36.2 Å². The molecule has 3 rings (SSSR count). The molecule has 0 atom stereocenters. The van der Waals surface area contributed by atoms with Crippen LogP contribution in [0.25, 0.3) is 0 Å². The number of rotatable bonds is 5. The number of para-hydroxylation sites is 1. The van der Waals surface area contributed by atoms with E-state index in [4.69, 9.17) is 4.74 Å². The molecule has 0 fully saturated rings. The summed E-state index contributed by atoms with van der Waals surface area (Å²) in [6.07, 6.45) is 3.29. The van der Waals surface area contributed by atoms with Crippen molar-refractivity contribution in [1.82, 2.24) is 4.98 Å². The Bertz CT molecular complexity index is 804.